The molecule has 2 saturated carbocycles. The van der Waals surface area contributed by atoms with Crippen molar-refractivity contribution in [3.05, 3.63) is 36.1 Å². The largest absolute Gasteiger partial charge is 0.431 e. The molecule has 2 heteroatoms. The molecule has 2 nitrogen and oxygen atoms in total. The molecule has 0 amide bonds. The normalized spacial score (nSPS) is 36.4. The zero-order valence-corrected chi connectivity index (χ0v) is 11.4. The Morgan fingerprint density at radius 1 is 1.32 bits per heavy atom. The standard InChI is InChI=1S/C17H22O2/c1-12-6-7-13-4-2-3-5-16(13)15(12)9-8-14-10-11-19-17(14)18/h8,10-11,13,15-16H,1-7,9H2/b14-8+. The fourth-order valence-electron chi connectivity index (χ4n) is 4.04. The van der Waals surface area contributed by atoms with E-state index in [2.05, 4.69) is 12.7 Å². The monoisotopic (exact) mass is 258 g/mol. The van der Waals surface area contributed by atoms with Gasteiger partial charge in [0.25, 0.3) is 0 Å². The first-order valence-corrected chi connectivity index (χ1v) is 7.51. The van der Waals surface area contributed by atoms with Crippen LogP contribution in [-0.4, -0.2) is 5.97 Å². The molecule has 0 radical (unpaired) electrons. The van der Waals surface area contributed by atoms with Crippen molar-refractivity contribution in [2.75, 3.05) is 0 Å². The first-order chi connectivity index (χ1) is 9.25. The van der Waals surface area contributed by atoms with Crippen LogP contribution in [0.5, 0.6) is 0 Å². The highest BCUT2D eigenvalue weighted by Gasteiger charge is 2.36. The van der Waals surface area contributed by atoms with E-state index in [4.69, 9.17) is 4.74 Å². The first-order valence-electron chi connectivity index (χ1n) is 7.51. The molecule has 0 N–H and O–H groups in total. The Balaban J connectivity index is 1.72. The first kappa shape index (κ1) is 12.7. The number of esters is 1. The van der Waals surface area contributed by atoms with Crippen molar-refractivity contribution in [3.8, 4) is 0 Å². The number of hydrogen-bond acceptors (Lipinski definition) is 2. The summed E-state index contributed by atoms with van der Waals surface area (Å²) in [5.41, 5.74) is 2.11. The van der Waals surface area contributed by atoms with Crippen LogP contribution >= 0.6 is 0 Å². The van der Waals surface area contributed by atoms with Gasteiger partial charge in [-0.25, -0.2) is 4.79 Å². The Morgan fingerprint density at radius 3 is 2.95 bits per heavy atom. The van der Waals surface area contributed by atoms with Crippen molar-refractivity contribution in [2.45, 2.75) is 44.9 Å². The van der Waals surface area contributed by atoms with Crippen LogP contribution in [0.25, 0.3) is 0 Å². The van der Waals surface area contributed by atoms with E-state index in [-0.39, 0.29) is 5.97 Å². The number of carbonyl (C=O) groups excluding carboxylic acids is 1. The third kappa shape index (κ3) is 2.54. The molecule has 2 aliphatic carbocycles. The number of rotatable bonds is 2. The van der Waals surface area contributed by atoms with E-state index in [9.17, 15) is 4.79 Å². The van der Waals surface area contributed by atoms with Gasteiger partial charge in [0.1, 0.15) is 0 Å². The SMILES string of the molecule is C=C1CCC2CCCCC2C1C/C=C1\C=COC1=O. The van der Waals surface area contributed by atoms with Crippen molar-refractivity contribution in [1.82, 2.24) is 0 Å². The molecule has 0 aromatic carbocycles. The predicted molar refractivity (Wildman–Crippen MR) is 75.2 cm³/mol. The second kappa shape index (κ2) is 5.36. The molecule has 3 rings (SSSR count). The van der Waals surface area contributed by atoms with Gasteiger partial charge in [0, 0.05) is 0 Å². The van der Waals surface area contributed by atoms with Crippen molar-refractivity contribution in [2.24, 2.45) is 17.8 Å². The minimum Gasteiger partial charge on any atom is -0.431 e. The summed E-state index contributed by atoms with van der Waals surface area (Å²) in [5, 5.41) is 0. The van der Waals surface area contributed by atoms with Crippen molar-refractivity contribution in [3.63, 3.8) is 0 Å². The topological polar surface area (TPSA) is 26.3 Å². The highest BCUT2D eigenvalue weighted by Crippen LogP contribution is 2.47. The van der Waals surface area contributed by atoms with Crippen molar-refractivity contribution < 1.29 is 9.53 Å². The number of cyclic esters (lactones) is 1. The molecule has 1 heterocycles. The van der Waals surface area contributed by atoms with Crippen LogP contribution in [0.15, 0.2) is 36.1 Å². The van der Waals surface area contributed by atoms with Crippen LogP contribution in [-0.2, 0) is 9.53 Å². The van der Waals surface area contributed by atoms with Gasteiger partial charge in [-0.05, 0) is 49.5 Å². The summed E-state index contributed by atoms with van der Waals surface area (Å²) in [6, 6.07) is 0. The minimum atomic E-state index is -0.207. The average Bonchev–Trinajstić information content (AvgIpc) is 2.83. The molecule has 0 aromatic rings. The highest BCUT2D eigenvalue weighted by atomic mass is 16.5. The van der Waals surface area contributed by atoms with E-state index in [1.54, 1.807) is 6.08 Å². The Hall–Kier alpha value is -1.31. The smallest absolute Gasteiger partial charge is 0.342 e. The van der Waals surface area contributed by atoms with Gasteiger partial charge in [-0.15, -0.1) is 0 Å². The van der Waals surface area contributed by atoms with Crippen LogP contribution < -0.4 is 0 Å². The molecule has 3 unspecified atom stereocenters. The average molecular weight is 258 g/mol. The fourth-order valence-corrected chi connectivity index (χ4v) is 4.04. The molecular formula is C17H22O2. The van der Waals surface area contributed by atoms with Crippen LogP contribution in [0.1, 0.15) is 44.9 Å². The zero-order chi connectivity index (χ0) is 13.2. The maximum absolute atomic E-state index is 11.4. The van der Waals surface area contributed by atoms with E-state index in [0.29, 0.717) is 11.5 Å². The summed E-state index contributed by atoms with van der Waals surface area (Å²) in [5.74, 6) is 2.07. The van der Waals surface area contributed by atoms with E-state index in [0.717, 1.165) is 18.3 Å². The molecule has 0 aromatic heterocycles. The maximum atomic E-state index is 11.4. The lowest BCUT2D eigenvalue weighted by Gasteiger charge is -2.42. The Kier molecular flexibility index (Phi) is 3.58. The van der Waals surface area contributed by atoms with Gasteiger partial charge in [0.05, 0.1) is 11.8 Å². The van der Waals surface area contributed by atoms with Gasteiger partial charge < -0.3 is 4.74 Å². The lowest BCUT2D eigenvalue weighted by Crippen LogP contribution is -2.32. The highest BCUT2D eigenvalue weighted by molar-refractivity contribution is 5.94. The molecule has 3 atom stereocenters. The lowest BCUT2D eigenvalue weighted by atomic mass is 9.63. The minimum absolute atomic E-state index is 0.207. The quantitative estimate of drug-likeness (QED) is 0.422. The summed E-state index contributed by atoms with van der Waals surface area (Å²) >= 11 is 0. The maximum Gasteiger partial charge on any atom is 0.342 e. The van der Waals surface area contributed by atoms with Crippen molar-refractivity contribution >= 4 is 5.97 Å². The molecule has 0 spiro atoms. The van der Waals surface area contributed by atoms with Gasteiger partial charge in [0.15, 0.2) is 0 Å². The molecule has 2 fully saturated rings. The van der Waals surface area contributed by atoms with E-state index >= 15 is 0 Å². The molecule has 1 aliphatic heterocycles. The molecule has 19 heavy (non-hydrogen) atoms. The molecule has 0 saturated heterocycles. The number of ether oxygens (including phenoxy) is 1. The van der Waals surface area contributed by atoms with Gasteiger partial charge in [-0.3, -0.25) is 0 Å². The van der Waals surface area contributed by atoms with Crippen LogP contribution in [0.4, 0.5) is 0 Å². The number of fused-ring (bicyclic) bond motifs is 1. The molecule has 0 bridgehead atoms. The van der Waals surface area contributed by atoms with Gasteiger partial charge in [-0.1, -0.05) is 37.5 Å². The molecular weight excluding hydrogens is 236 g/mol. The van der Waals surface area contributed by atoms with Crippen molar-refractivity contribution in [1.29, 1.82) is 0 Å². The Labute approximate surface area is 115 Å². The summed E-state index contributed by atoms with van der Waals surface area (Å²) in [6.07, 6.45) is 14.3. The second-order valence-corrected chi connectivity index (χ2v) is 6.12. The van der Waals surface area contributed by atoms with Crippen LogP contribution in [0.3, 0.4) is 0 Å². The van der Waals surface area contributed by atoms with E-state index in [1.165, 1.54) is 50.4 Å². The van der Waals surface area contributed by atoms with Crippen LogP contribution in [0.2, 0.25) is 0 Å². The number of carbonyl (C=O) groups is 1. The number of allylic oxidation sites excluding steroid dienone is 2. The second-order valence-electron chi connectivity index (χ2n) is 6.12. The van der Waals surface area contributed by atoms with E-state index in [1.807, 2.05) is 0 Å². The van der Waals surface area contributed by atoms with Gasteiger partial charge in [-0.2, -0.15) is 0 Å². The summed E-state index contributed by atoms with van der Waals surface area (Å²) in [4.78, 5) is 11.4. The van der Waals surface area contributed by atoms with Gasteiger partial charge in [0.2, 0.25) is 0 Å². The Bertz CT molecular complexity index is 444. The number of hydrogen-bond donors (Lipinski definition) is 0. The van der Waals surface area contributed by atoms with E-state index < -0.39 is 0 Å². The third-order valence-corrected chi connectivity index (χ3v) is 5.10. The Morgan fingerprint density at radius 2 is 2.16 bits per heavy atom. The summed E-state index contributed by atoms with van der Waals surface area (Å²) in [6.45, 7) is 4.29. The summed E-state index contributed by atoms with van der Waals surface area (Å²) in [7, 11) is 0. The third-order valence-electron chi connectivity index (χ3n) is 5.10. The van der Waals surface area contributed by atoms with Gasteiger partial charge >= 0.3 is 5.97 Å². The zero-order valence-electron chi connectivity index (χ0n) is 11.4. The molecule has 3 aliphatic rings. The summed E-state index contributed by atoms with van der Waals surface area (Å²) < 4.78 is 4.83. The molecule has 102 valence electrons. The predicted octanol–water partition coefficient (Wildman–Crippen LogP) is 4.15. The van der Waals surface area contributed by atoms with Crippen LogP contribution in [0, 0.1) is 17.8 Å². The lowest BCUT2D eigenvalue weighted by molar-refractivity contribution is -0.132. The fraction of sp³-hybridized carbons (Fsp3) is 0.588.